The minimum absolute atomic E-state index is 0.107. The van der Waals surface area contributed by atoms with Crippen LogP contribution in [-0.4, -0.2) is 39.3 Å². The number of carbonyl (C=O) groups is 1. The van der Waals surface area contributed by atoms with E-state index < -0.39 is 35.6 Å². The number of aliphatic hydroxyl groups is 1. The molecule has 0 radical (unpaired) electrons. The van der Waals surface area contributed by atoms with Crippen molar-refractivity contribution in [1.29, 1.82) is 0 Å². The first kappa shape index (κ1) is 22.3. The maximum atomic E-state index is 13.4. The molecular formula is C26H27N3O5. The van der Waals surface area contributed by atoms with Crippen molar-refractivity contribution in [1.82, 2.24) is 14.9 Å². The number of nitrogens with zero attached hydrogens (tertiary/aromatic N) is 1. The van der Waals surface area contributed by atoms with E-state index in [1.165, 1.54) is 10.8 Å². The van der Waals surface area contributed by atoms with Crippen molar-refractivity contribution in [2.75, 3.05) is 6.54 Å². The maximum absolute atomic E-state index is 13.4. The van der Waals surface area contributed by atoms with Crippen LogP contribution in [0.5, 0.6) is 0 Å². The van der Waals surface area contributed by atoms with E-state index in [0.717, 1.165) is 28.7 Å². The summed E-state index contributed by atoms with van der Waals surface area (Å²) in [5.74, 6) is -0.599. The van der Waals surface area contributed by atoms with Crippen LogP contribution in [0.2, 0.25) is 0 Å². The molecule has 2 aromatic carbocycles. The van der Waals surface area contributed by atoms with Gasteiger partial charge in [0.05, 0.1) is 12.0 Å². The third-order valence-corrected chi connectivity index (χ3v) is 6.79. The molecule has 5 rings (SSSR count). The van der Waals surface area contributed by atoms with Crippen LogP contribution in [0.1, 0.15) is 53.3 Å². The summed E-state index contributed by atoms with van der Waals surface area (Å²) in [6.07, 6.45) is 0.667. The molecule has 0 spiro atoms. The summed E-state index contributed by atoms with van der Waals surface area (Å²) >= 11 is 0. The smallest absolute Gasteiger partial charge is 0.330 e. The van der Waals surface area contributed by atoms with Gasteiger partial charge in [0.1, 0.15) is 12.3 Å². The molecule has 34 heavy (non-hydrogen) atoms. The monoisotopic (exact) mass is 461 g/mol. The van der Waals surface area contributed by atoms with Gasteiger partial charge in [-0.2, -0.15) is 0 Å². The number of nitrogens with one attached hydrogen (secondary N) is 2. The summed E-state index contributed by atoms with van der Waals surface area (Å²) in [5.41, 5.74) is 3.68. The Morgan fingerprint density at radius 2 is 1.76 bits per heavy atom. The molecule has 1 aliphatic heterocycles. The number of H-pyrrole nitrogens is 1. The molecule has 1 fully saturated rings. The van der Waals surface area contributed by atoms with Crippen LogP contribution in [0.3, 0.4) is 0 Å². The number of aryl methyl sites for hydroxylation is 1. The van der Waals surface area contributed by atoms with Gasteiger partial charge in [0.15, 0.2) is 0 Å². The third-order valence-electron chi connectivity index (χ3n) is 6.79. The fourth-order valence-corrected chi connectivity index (χ4v) is 4.97. The molecular weight excluding hydrogens is 434 g/mol. The highest BCUT2D eigenvalue weighted by Gasteiger charge is 2.37. The zero-order chi connectivity index (χ0) is 23.8. The molecule has 2 heterocycles. The number of rotatable bonds is 5. The first-order chi connectivity index (χ1) is 16.5. The van der Waals surface area contributed by atoms with Crippen LogP contribution in [-0.2, 0) is 22.4 Å². The van der Waals surface area contributed by atoms with Crippen molar-refractivity contribution in [3.05, 3.63) is 103 Å². The standard InChI is InChI=1S/C26H27N3O5/c1-2-15-14-29(26(33)28-24(15)31)22-12-20(30)21(34-22)13-27-25(32)23-18-9-5-3-7-16(18)11-17-8-4-6-10-19(17)23/h3-10,14,20-23,30H,2,11-13H2,1H3,(H,27,32)(H,28,31,33)/t20?,21-,22-/m0/s1. The molecule has 1 saturated heterocycles. The van der Waals surface area contributed by atoms with E-state index >= 15 is 0 Å². The molecule has 1 amide bonds. The minimum atomic E-state index is -0.861. The number of hydrogen-bond acceptors (Lipinski definition) is 5. The van der Waals surface area contributed by atoms with Crippen LogP contribution < -0.4 is 16.6 Å². The lowest BCUT2D eigenvalue weighted by molar-refractivity contribution is -0.122. The van der Waals surface area contributed by atoms with E-state index in [4.69, 9.17) is 4.74 Å². The van der Waals surface area contributed by atoms with E-state index in [0.29, 0.717) is 12.0 Å². The van der Waals surface area contributed by atoms with Crippen molar-refractivity contribution in [2.24, 2.45) is 0 Å². The van der Waals surface area contributed by atoms with E-state index in [1.807, 2.05) is 55.5 Å². The van der Waals surface area contributed by atoms with Crippen molar-refractivity contribution in [3.63, 3.8) is 0 Å². The van der Waals surface area contributed by atoms with Crippen LogP contribution in [0.25, 0.3) is 0 Å². The largest absolute Gasteiger partial charge is 0.390 e. The predicted octanol–water partition coefficient (Wildman–Crippen LogP) is 1.60. The number of benzene rings is 2. The van der Waals surface area contributed by atoms with Gasteiger partial charge in [-0.25, -0.2) is 4.79 Å². The highest BCUT2D eigenvalue weighted by molar-refractivity contribution is 5.88. The Morgan fingerprint density at radius 1 is 1.12 bits per heavy atom. The quantitative estimate of drug-likeness (QED) is 0.534. The Labute approximate surface area is 196 Å². The summed E-state index contributed by atoms with van der Waals surface area (Å²) in [5, 5.41) is 13.5. The highest BCUT2D eigenvalue weighted by Crippen LogP contribution is 2.36. The van der Waals surface area contributed by atoms with Crippen molar-refractivity contribution in [2.45, 2.75) is 50.5 Å². The summed E-state index contributed by atoms with van der Waals surface area (Å²) in [6, 6.07) is 15.9. The Hall–Kier alpha value is -3.49. The lowest BCUT2D eigenvalue weighted by atomic mass is 9.77. The molecule has 3 aromatic rings. The van der Waals surface area contributed by atoms with Gasteiger partial charge < -0.3 is 15.2 Å². The molecule has 0 saturated carbocycles. The summed E-state index contributed by atoms with van der Waals surface area (Å²) in [6.45, 7) is 1.93. The zero-order valence-corrected chi connectivity index (χ0v) is 18.9. The molecule has 1 aliphatic carbocycles. The second kappa shape index (κ2) is 9.04. The van der Waals surface area contributed by atoms with Crippen molar-refractivity contribution >= 4 is 5.91 Å². The van der Waals surface area contributed by atoms with Crippen LogP contribution in [0.15, 0.2) is 64.3 Å². The van der Waals surface area contributed by atoms with Crippen molar-refractivity contribution in [3.8, 4) is 0 Å². The Kier molecular flexibility index (Phi) is 5.93. The summed E-state index contributed by atoms with van der Waals surface area (Å²) in [4.78, 5) is 39.8. The number of ether oxygens (including phenoxy) is 1. The Morgan fingerprint density at radius 3 is 2.41 bits per heavy atom. The van der Waals surface area contributed by atoms with Gasteiger partial charge in [-0.05, 0) is 35.1 Å². The van der Waals surface area contributed by atoms with Gasteiger partial charge in [0.25, 0.3) is 5.56 Å². The van der Waals surface area contributed by atoms with Gasteiger partial charge in [0, 0.05) is 24.7 Å². The number of fused-ring (bicyclic) bond motifs is 2. The molecule has 1 aromatic heterocycles. The molecule has 3 atom stereocenters. The number of hydrogen-bond donors (Lipinski definition) is 3. The van der Waals surface area contributed by atoms with Gasteiger partial charge in [-0.3, -0.25) is 19.1 Å². The lowest BCUT2D eigenvalue weighted by Crippen LogP contribution is -2.40. The molecule has 2 aliphatic rings. The number of aromatic nitrogens is 2. The van der Waals surface area contributed by atoms with Crippen LogP contribution >= 0.6 is 0 Å². The van der Waals surface area contributed by atoms with E-state index in [2.05, 4.69) is 10.3 Å². The Bertz CT molecular complexity index is 1300. The second-order valence-electron chi connectivity index (χ2n) is 8.86. The second-order valence-corrected chi connectivity index (χ2v) is 8.86. The van der Waals surface area contributed by atoms with Crippen LogP contribution in [0.4, 0.5) is 0 Å². The number of carbonyl (C=O) groups excluding carboxylic acids is 1. The van der Waals surface area contributed by atoms with E-state index in [-0.39, 0.29) is 18.9 Å². The number of aliphatic hydroxyl groups excluding tert-OH is 1. The van der Waals surface area contributed by atoms with Gasteiger partial charge in [0.2, 0.25) is 5.91 Å². The van der Waals surface area contributed by atoms with E-state index in [1.54, 1.807) is 0 Å². The average molecular weight is 462 g/mol. The van der Waals surface area contributed by atoms with Crippen molar-refractivity contribution < 1.29 is 14.6 Å². The summed E-state index contributed by atoms with van der Waals surface area (Å²) < 4.78 is 7.24. The SMILES string of the molecule is CCc1cn([C@@H]2CC(O)[C@H](CNC(=O)C3c4ccccc4Cc4ccccc43)O2)c(=O)[nH]c1=O. The molecule has 3 N–H and O–H groups in total. The maximum Gasteiger partial charge on any atom is 0.330 e. The normalized spacial score (nSPS) is 21.6. The molecule has 8 heteroatoms. The lowest BCUT2D eigenvalue weighted by Gasteiger charge is -2.28. The summed E-state index contributed by atoms with van der Waals surface area (Å²) in [7, 11) is 0. The van der Waals surface area contributed by atoms with Gasteiger partial charge >= 0.3 is 5.69 Å². The fourth-order valence-electron chi connectivity index (χ4n) is 4.97. The average Bonchev–Trinajstić information content (AvgIpc) is 3.21. The first-order valence-electron chi connectivity index (χ1n) is 11.6. The molecule has 1 unspecified atom stereocenters. The minimum Gasteiger partial charge on any atom is -0.390 e. The fraction of sp³-hybridized carbons (Fsp3) is 0.346. The van der Waals surface area contributed by atoms with E-state index in [9.17, 15) is 19.5 Å². The molecule has 0 bridgehead atoms. The van der Waals surface area contributed by atoms with Crippen LogP contribution in [0, 0.1) is 0 Å². The molecule has 8 nitrogen and oxygen atoms in total. The number of aromatic amines is 1. The number of amides is 1. The Balaban J connectivity index is 1.33. The topological polar surface area (TPSA) is 113 Å². The predicted molar refractivity (Wildman–Crippen MR) is 126 cm³/mol. The van der Waals surface area contributed by atoms with Gasteiger partial charge in [-0.1, -0.05) is 55.5 Å². The zero-order valence-electron chi connectivity index (χ0n) is 18.9. The first-order valence-corrected chi connectivity index (χ1v) is 11.6. The molecule has 176 valence electrons. The highest BCUT2D eigenvalue weighted by atomic mass is 16.5. The van der Waals surface area contributed by atoms with Gasteiger partial charge in [-0.15, -0.1) is 0 Å². The third kappa shape index (κ3) is 3.99.